The minimum absolute atomic E-state index is 0.193. The largest absolute Gasteiger partial charge is 0.479 e. The zero-order valence-corrected chi connectivity index (χ0v) is 12.4. The van der Waals surface area contributed by atoms with E-state index in [1.165, 1.54) is 7.11 Å². The molecule has 21 heavy (non-hydrogen) atoms. The fraction of sp³-hybridized carbons (Fsp3) is 0.769. The van der Waals surface area contributed by atoms with Crippen LogP contribution in [0.5, 0.6) is 0 Å². The molecular weight excluding hydrogens is 280 g/mol. The highest BCUT2D eigenvalue weighted by atomic mass is 16.6. The Morgan fingerprint density at radius 1 is 1.29 bits per heavy atom. The van der Waals surface area contributed by atoms with Crippen LogP contribution in [0.15, 0.2) is 0 Å². The lowest BCUT2D eigenvalue weighted by Gasteiger charge is -2.19. The lowest BCUT2D eigenvalue weighted by atomic mass is 10.0. The van der Waals surface area contributed by atoms with Crippen molar-refractivity contribution in [1.82, 2.24) is 10.6 Å². The second-order valence-electron chi connectivity index (χ2n) is 5.29. The van der Waals surface area contributed by atoms with E-state index in [1.807, 2.05) is 13.8 Å². The zero-order chi connectivity index (χ0) is 16.0. The first-order chi connectivity index (χ1) is 9.86. The number of methoxy groups -OCH3 is 1. The number of carboxylic acid groups (broad SMARTS) is 1. The van der Waals surface area contributed by atoms with Gasteiger partial charge in [0.2, 0.25) is 5.91 Å². The Hall–Kier alpha value is -1.67. The van der Waals surface area contributed by atoms with Gasteiger partial charge in [-0.1, -0.05) is 13.8 Å². The van der Waals surface area contributed by atoms with Crippen molar-refractivity contribution in [3.05, 3.63) is 0 Å². The molecule has 0 bridgehead atoms. The Morgan fingerprint density at radius 3 is 2.43 bits per heavy atom. The second-order valence-corrected chi connectivity index (χ2v) is 5.29. The van der Waals surface area contributed by atoms with Crippen molar-refractivity contribution in [2.24, 2.45) is 5.92 Å². The summed E-state index contributed by atoms with van der Waals surface area (Å²) >= 11 is 0. The van der Waals surface area contributed by atoms with Gasteiger partial charge in [0.25, 0.3) is 5.91 Å². The number of aliphatic carboxylic acids is 1. The van der Waals surface area contributed by atoms with Crippen LogP contribution in [0, 0.1) is 5.92 Å². The second kappa shape index (κ2) is 7.94. The van der Waals surface area contributed by atoms with Gasteiger partial charge in [0.1, 0.15) is 6.04 Å². The van der Waals surface area contributed by atoms with Crippen molar-refractivity contribution in [1.29, 1.82) is 0 Å². The summed E-state index contributed by atoms with van der Waals surface area (Å²) in [6.45, 7) is 4.57. The van der Waals surface area contributed by atoms with Crippen LogP contribution in [-0.4, -0.2) is 61.4 Å². The summed E-state index contributed by atoms with van der Waals surface area (Å²) < 4.78 is 9.60. The van der Waals surface area contributed by atoms with Crippen LogP contribution in [0.25, 0.3) is 0 Å². The predicted molar refractivity (Wildman–Crippen MR) is 72.6 cm³/mol. The van der Waals surface area contributed by atoms with Crippen molar-refractivity contribution in [3.8, 4) is 0 Å². The maximum absolute atomic E-state index is 12.0. The van der Waals surface area contributed by atoms with Gasteiger partial charge in [-0.3, -0.25) is 9.59 Å². The molecule has 3 atom stereocenters. The third-order valence-corrected chi connectivity index (χ3v) is 2.94. The number of hydrogen-bond donors (Lipinski definition) is 3. The van der Waals surface area contributed by atoms with Crippen molar-refractivity contribution in [3.63, 3.8) is 0 Å². The van der Waals surface area contributed by atoms with Gasteiger partial charge in [-0.25, -0.2) is 4.79 Å². The van der Waals surface area contributed by atoms with Gasteiger partial charge in [-0.2, -0.15) is 0 Å². The van der Waals surface area contributed by atoms with Crippen molar-refractivity contribution in [2.75, 3.05) is 20.3 Å². The van der Waals surface area contributed by atoms with Gasteiger partial charge in [0.05, 0.1) is 6.61 Å². The van der Waals surface area contributed by atoms with Gasteiger partial charge in [0, 0.05) is 13.7 Å². The Bertz CT molecular complexity index is 398. The molecule has 2 amide bonds. The third-order valence-electron chi connectivity index (χ3n) is 2.94. The molecule has 0 saturated carbocycles. The number of nitrogens with one attached hydrogen (secondary N) is 2. The number of rotatable bonds is 9. The maximum atomic E-state index is 12.0. The molecular formula is C13H22N2O6. The molecule has 3 N–H and O–H groups in total. The van der Waals surface area contributed by atoms with Gasteiger partial charge in [-0.15, -0.1) is 0 Å². The van der Waals surface area contributed by atoms with E-state index in [4.69, 9.17) is 14.6 Å². The third kappa shape index (κ3) is 5.68. The average Bonchev–Trinajstić information content (AvgIpc) is 3.17. The fourth-order valence-electron chi connectivity index (χ4n) is 1.86. The van der Waals surface area contributed by atoms with Gasteiger partial charge < -0.3 is 25.2 Å². The lowest BCUT2D eigenvalue weighted by Crippen LogP contribution is -2.49. The molecule has 1 heterocycles. The molecule has 1 saturated heterocycles. The molecule has 8 heteroatoms. The molecule has 0 aromatic heterocycles. The number of hydrogen-bond acceptors (Lipinski definition) is 5. The topological polar surface area (TPSA) is 117 Å². The molecule has 0 aliphatic carbocycles. The molecule has 0 radical (unpaired) electrons. The Balaban J connectivity index is 2.51. The summed E-state index contributed by atoms with van der Waals surface area (Å²) in [5.41, 5.74) is 0. The Kier molecular flexibility index (Phi) is 6.57. The summed E-state index contributed by atoms with van der Waals surface area (Å²) in [6.07, 6.45) is -1.67. The number of carboxylic acids is 1. The smallest absolute Gasteiger partial charge is 0.336 e. The van der Waals surface area contributed by atoms with Gasteiger partial charge >= 0.3 is 5.97 Å². The van der Waals surface area contributed by atoms with Crippen LogP contribution >= 0.6 is 0 Å². The molecule has 1 fully saturated rings. The minimum atomic E-state index is -1.18. The van der Waals surface area contributed by atoms with E-state index in [2.05, 4.69) is 10.6 Å². The van der Waals surface area contributed by atoms with Crippen LogP contribution in [0.3, 0.4) is 0 Å². The molecule has 0 aromatic rings. The van der Waals surface area contributed by atoms with E-state index >= 15 is 0 Å². The van der Waals surface area contributed by atoms with Crippen molar-refractivity contribution in [2.45, 2.75) is 38.5 Å². The summed E-state index contributed by atoms with van der Waals surface area (Å²) in [6, 6.07) is -0.715. The van der Waals surface area contributed by atoms with Gasteiger partial charge in [-0.05, 0) is 12.3 Å². The number of carbonyl (C=O) groups excluding carboxylic acids is 2. The summed E-state index contributed by atoms with van der Waals surface area (Å²) in [4.78, 5) is 34.5. The van der Waals surface area contributed by atoms with Crippen LogP contribution in [0.4, 0.5) is 0 Å². The SMILES string of the molecule is COCCNC(=O)C(CC(C)C)NC(=O)[C@H]1O[C@@H]1C(=O)O. The first kappa shape index (κ1) is 17.4. The zero-order valence-electron chi connectivity index (χ0n) is 12.4. The number of ether oxygens (including phenoxy) is 2. The Labute approximate surface area is 123 Å². The van der Waals surface area contributed by atoms with E-state index in [0.29, 0.717) is 19.6 Å². The monoisotopic (exact) mass is 302 g/mol. The Morgan fingerprint density at radius 2 is 1.95 bits per heavy atom. The maximum Gasteiger partial charge on any atom is 0.336 e. The van der Waals surface area contributed by atoms with Crippen LogP contribution < -0.4 is 10.6 Å². The quantitative estimate of drug-likeness (QED) is 0.376. The predicted octanol–water partition coefficient (Wildman–Crippen LogP) is -0.868. The highest BCUT2D eigenvalue weighted by molar-refractivity contribution is 5.95. The van der Waals surface area contributed by atoms with E-state index in [9.17, 15) is 14.4 Å². The molecule has 1 unspecified atom stereocenters. The summed E-state index contributed by atoms with van der Waals surface area (Å²) in [5.74, 6) is -1.88. The van der Waals surface area contributed by atoms with E-state index in [1.54, 1.807) is 0 Å². The fourth-order valence-corrected chi connectivity index (χ4v) is 1.86. The highest BCUT2D eigenvalue weighted by Gasteiger charge is 2.51. The number of amides is 2. The first-order valence-electron chi connectivity index (χ1n) is 6.82. The first-order valence-corrected chi connectivity index (χ1v) is 6.82. The molecule has 8 nitrogen and oxygen atoms in total. The van der Waals surface area contributed by atoms with E-state index in [0.717, 1.165) is 0 Å². The minimum Gasteiger partial charge on any atom is -0.479 e. The molecule has 1 aliphatic rings. The van der Waals surface area contributed by atoms with Crippen molar-refractivity contribution < 1.29 is 29.0 Å². The molecule has 120 valence electrons. The highest BCUT2D eigenvalue weighted by Crippen LogP contribution is 2.22. The molecule has 1 rings (SSSR count). The van der Waals surface area contributed by atoms with E-state index in [-0.39, 0.29) is 11.8 Å². The number of epoxide rings is 1. The van der Waals surface area contributed by atoms with Crippen LogP contribution in [0.1, 0.15) is 20.3 Å². The normalized spacial score (nSPS) is 21.7. The summed E-state index contributed by atoms with van der Waals surface area (Å²) in [7, 11) is 1.52. The molecule has 1 aliphatic heterocycles. The number of carbonyl (C=O) groups is 3. The van der Waals surface area contributed by atoms with Gasteiger partial charge in [0.15, 0.2) is 12.2 Å². The van der Waals surface area contributed by atoms with Crippen LogP contribution in [-0.2, 0) is 23.9 Å². The lowest BCUT2D eigenvalue weighted by molar-refractivity contribution is -0.138. The van der Waals surface area contributed by atoms with Crippen LogP contribution in [0.2, 0.25) is 0 Å². The summed E-state index contributed by atoms with van der Waals surface area (Å²) in [5, 5.41) is 13.9. The average molecular weight is 302 g/mol. The van der Waals surface area contributed by atoms with Crippen molar-refractivity contribution >= 4 is 17.8 Å². The van der Waals surface area contributed by atoms with E-state index < -0.39 is 30.1 Å². The molecule has 0 aromatic carbocycles. The molecule has 0 spiro atoms. The standard InChI is InChI=1S/C13H22N2O6/c1-7(2)6-8(11(16)14-4-5-20-3)15-12(17)9-10(21-9)13(18)19/h7-10H,4-6H2,1-3H3,(H,14,16)(H,15,17)(H,18,19)/t8?,9-,10-/m0/s1.